The molecule has 4 aliphatic rings. The number of hydrogen-bond acceptors (Lipinski definition) is 7. The average Bonchev–Trinajstić information content (AvgIpc) is 3.64. The molecule has 3 heterocycles. The number of alkyl halides is 3. The highest BCUT2D eigenvalue weighted by Crippen LogP contribution is 2.65. The lowest BCUT2D eigenvalue weighted by Gasteiger charge is -2.50. The van der Waals surface area contributed by atoms with Crippen LogP contribution in [-0.4, -0.2) is 53.8 Å². The Kier molecular flexibility index (Phi) is 6.56. The topological polar surface area (TPSA) is 121 Å². The lowest BCUT2D eigenvalue weighted by molar-refractivity contribution is -0.138. The molecule has 1 N–H and O–H groups in total. The zero-order valence-electron chi connectivity index (χ0n) is 23.9. The number of likely N-dealkylation sites (tertiary alicyclic amines) is 1. The number of imide groups is 2. The molecule has 0 radical (unpaired) electrons. The number of benzene rings is 3. The molecule has 4 aromatic rings. The predicted octanol–water partition coefficient (Wildman–Crippen LogP) is 6.12. The molecule has 3 fully saturated rings. The molecular weight excluding hydrogens is 697 g/mol. The fourth-order valence-electron chi connectivity index (χ4n) is 7.83. The monoisotopic (exact) mass is 719 g/mol. The Bertz CT molecular complexity index is 2000. The maximum atomic E-state index is 14.3. The normalized spacial score (nSPS) is 30.5. The summed E-state index contributed by atoms with van der Waals surface area (Å²) in [5.41, 5.74) is 3.48. The smallest absolute Gasteiger partial charge is 0.254 e. The van der Waals surface area contributed by atoms with Crippen molar-refractivity contribution in [3.05, 3.63) is 90.0 Å². The molecule has 232 valence electrons. The summed E-state index contributed by atoms with van der Waals surface area (Å²) in [5.74, 6) is -4.84. The number of nitrogens with zero attached hydrogens (tertiary/aromatic N) is 3. The van der Waals surface area contributed by atoms with Gasteiger partial charge in [-0.05, 0) is 72.9 Å². The molecule has 2 aliphatic carbocycles. The van der Waals surface area contributed by atoms with Crippen molar-refractivity contribution in [1.82, 2.24) is 9.88 Å². The first-order chi connectivity index (χ1) is 22.1. The van der Waals surface area contributed by atoms with Crippen LogP contribution in [0.15, 0.2) is 88.9 Å². The average molecular weight is 721 g/mol. The summed E-state index contributed by atoms with van der Waals surface area (Å²) in [6.45, 7) is 0. The fourth-order valence-corrected chi connectivity index (χ4v) is 9.26. The number of phenols is 1. The quantitative estimate of drug-likeness (QED) is 0.117. The molecule has 4 amide bonds. The molecule has 3 aromatic carbocycles. The first kappa shape index (κ1) is 29.4. The van der Waals surface area contributed by atoms with E-state index in [1.165, 1.54) is 17.0 Å². The number of oxazole rings is 1. The molecule has 1 aromatic heterocycles. The van der Waals surface area contributed by atoms with Crippen molar-refractivity contribution >= 4 is 79.5 Å². The van der Waals surface area contributed by atoms with Crippen molar-refractivity contribution in [1.29, 1.82) is 0 Å². The van der Waals surface area contributed by atoms with Crippen LogP contribution in [0.25, 0.3) is 22.6 Å². The predicted molar refractivity (Wildman–Crippen MR) is 173 cm³/mol. The van der Waals surface area contributed by atoms with Gasteiger partial charge in [-0.1, -0.05) is 51.8 Å². The number of para-hydroxylation sites is 2. The van der Waals surface area contributed by atoms with Crippen molar-refractivity contribution in [3.63, 3.8) is 0 Å². The Morgan fingerprint density at radius 3 is 2.41 bits per heavy atom. The van der Waals surface area contributed by atoms with Crippen LogP contribution in [-0.2, 0) is 19.2 Å². The van der Waals surface area contributed by atoms with Crippen LogP contribution in [0.4, 0.5) is 5.69 Å². The number of phenolic OH excluding ortho intramolecular Hbond substituents is 1. The lowest BCUT2D eigenvalue weighted by Crippen LogP contribution is -2.60. The van der Waals surface area contributed by atoms with Crippen LogP contribution in [0.2, 0.25) is 0 Å². The summed E-state index contributed by atoms with van der Waals surface area (Å²) >= 11 is 17.7. The maximum absolute atomic E-state index is 14.3. The Balaban J connectivity index is 1.18. The van der Waals surface area contributed by atoms with Crippen LogP contribution in [0, 0.1) is 17.8 Å². The van der Waals surface area contributed by atoms with Gasteiger partial charge in [-0.2, -0.15) is 0 Å². The highest BCUT2D eigenvalue weighted by molar-refractivity contribution is 9.09. The van der Waals surface area contributed by atoms with E-state index in [1.807, 2.05) is 30.3 Å². The summed E-state index contributed by atoms with van der Waals surface area (Å²) in [6.07, 6.45) is 1.99. The third-order valence-electron chi connectivity index (χ3n) is 9.88. The number of rotatable bonds is 4. The second-order valence-electron chi connectivity index (χ2n) is 12.1. The van der Waals surface area contributed by atoms with E-state index >= 15 is 0 Å². The van der Waals surface area contributed by atoms with Crippen LogP contribution in [0.1, 0.15) is 24.3 Å². The number of halogens is 3. The minimum Gasteiger partial charge on any atom is -0.508 e. The summed E-state index contributed by atoms with van der Waals surface area (Å²) in [5, 5.41) is 10.4. The zero-order valence-corrected chi connectivity index (χ0v) is 27.0. The first-order valence-electron chi connectivity index (χ1n) is 14.7. The highest BCUT2D eigenvalue weighted by Gasteiger charge is 2.76. The molecule has 8 rings (SSSR count). The summed E-state index contributed by atoms with van der Waals surface area (Å²) < 4.78 is 5.87. The van der Waals surface area contributed by atoms with E-state index in [0.29, 0.717) is 33.9 Å². The first-order valence-corrected chi connectivity index (χ1v) is 16.6. The molecule has 12 heteroatoms. The van der Waals surface area contributed by atoms with Gasteiger partial charge >= 0.3 is 0 Å². The molecular formula is C34H24BrCl2N3O6. The van der Waals surface area contributed by atoms with Gasteiger partial charge < -0.3 is 9.52 Å². The summed E-state index contributed by atoms with van der Waals surface area (Å²) in [7, 11) is 0. The Labute approximate surface area is 280 Å². The second kappa shape index (κ2) is 10.3. The third-order valence-corrected chi connectivity index (χ3v) is 11.8. The van der Waals surface area contributed by atoms with E-state index in [-0.39, 0.29) is 30.0 Å². The van der Waals surface area contributed by atoms with Gasteiger partial charge in [-0.3, -0.25) is 29.0 Å². The number of anilines is 1. The van der Waals surface area contributed by atoms with Gasteiger partial charge in [-0.15, -0.1) is 23.2 Å². The lowest BCUT2D eigenvalue weighted by atomic mass is 9.56. The molecule has 46 heavy (non-hydrogen) atoms. The Hall–Kier alpha value is -3.99. The van der Waals surface area contributed by atoms with Crippen molar-refractivity contribution < 1.29 is 28.7 Å². The molecule has 9 nitrogen and oxygen atoms in total. The number of aromatic nitrogens is 1. The second-order valence-corrected chi connectivity index (χ2v) is 13.9. The maximum Gasteiger partial charge on any atom is 0.254 e. The molecule has 0 bridgehead atoms. The number of carbonyl (C=O) groups excluding carboxylic acids is 4. The number of fused-ring (bicyclic) bond motifs is 5. The minimum atomic E-state index is -1.92. The van der Waals surface area contributed by atoms with Gasteiger partial charge in [0.05, 0.1) is 23.0 Å². The standard InChI is InChI=1S/C34H24BrCl2N3O6/c35-16-39-31(44)33(36)15-23-21(27(34(33,37)32(39)45)18-4-3-5-20(41)14-18)12-13-22-26(23)30(43)40(29(22)42)19-10-8-17(9-11-19)28-38-24-6-1-2-7-25(24)46-28/h1-12,14,22-23,26-27,41H,13,15-16H2/t22-,23+,26-,27-,33+,34-/m0/s1. The van der Waals surface area contributed by atoms with E-state index in [2.05, 4.69) is 20.9 Å². The molecule has 0 spiro atoms. The van der Waals surface area contributed by atoms with E-state index < -0.39 is 51.1 Å². The van der Waals surface area contributed by atoms with E-state index in [4.69, 9.17) is 27.6 Å². The molecule has 2 aliphatic heterocycles. The molecule has 1 saturated carbocycles. The van der Waals surface area contributed by atoms with Crippen LogP contribution >= 0.6 is 39.1 Å². The number of carbonyl (C=O) groups is 4. The Morgan fingerprint density at radius 2 is 1.70 bits per heavy atom. The van der Waals surface area contributed by atoms with Crippen LogP contribution < -0.4 is 4.90 Å². The van der Waals surface area contributed by atoms with Gasteiger partial charge in [-0.25, -0.2) is 4.98 Å². The molecule has 0 unspecified atom stereocenters. The number of aromatic hydroxyl groups is 1. The summed E-state index contributed by atoms with van der Waals surface area (Å²) in [4.78, 5) is 58.7. The van der Waals surface area contributed by atoms with Gasteiger partial charge in [0.25, 0.3) is 11.8 Å². The largest absolute Gasteiger partial charge is 0.508 e. The van der Waals surface area contributed by atoms with Crippen LogP contribution in [0.3, 0.4) is 0 Å². The summed E-state index contributed by atoms with van der Waals surface area (Å²) in [6, 6.07) is 20.6. The van der Waals surface area contributed by atoms with E-state index in [0.717, 1.165) is 10.4 Å². The van der Waals surface area contributed by atoms with E-state index in [9.17, 15) is 24.3 Å². The van der Waals surface area contributed by atoms with E-state index in [1.54, 1.807) is 36.4 Å². The van der Waals surface area contributed by atoms with Gasteiger partial charge in [0.1, 0.15) is 11.3 Å². The number of amides is 4. The van der Waals surface area contributed by atoms with Crippen LogP contribution in [0.5, 0.6) is 5.75 Å². The fraction of sp³-hybridized carbons (Fsp3) is 0.265. The van der Waals surface area contributed by atoms with Gasteiger partial charge in [0, 0.05) is 11.5 Å². The zero-order chi connectivity index (χ0) is 32.1. The van der Waals surface area contributed by atoms with Gasteiger partial charge in [0.15, 0.2) is 15.3 Å². The van der Waals surface area contributed by atoms with Crippen molar-refractivity contribution in [2.24, 2.45) is 17.8 Å². The minimum absolute atomic E-state index is 0.0527. The number of hydrogen-bond donors (Lipinski definition) is 1. The van der Waals surface area contributed by atoms with Crippen molar-refractivity contribution in [2.75, 3.05) is 10.4 Å². The Morgan fingerprint density at radius 1 is 0.935 bits per heavy atom. The highest BCUT2D eigenvalue weighted by atomic mass is 79.9. The van der Waals surface area contributed by atoms with Gasteiger partial charge in [0.2, 0.25) is 17.7 Å². The molecule has 2 saturated heterocycles. The number of allylic oxidation sites excluding steroid dienone is 2. The SMILES string of the molecule is O=C1[C@H]2[C@H](CC=C3[C@H]2C[C@@]2(Cl)C(=O)N(CBr)C(=O)[C@@]2(Cl)[C@H]3c2cccc(O)c2)C(=O)N1c1ccc(-c2nc3ccccc3o2)cc1. The molecule has 6 atom stereocenters. The third kappa shape index (κ3) is 3.83. The van der Waals surface area contributed by atoms with Crippen molar-refractivity contribution in [2.45, 2.75) is 28.5 Å². The van der Waals surface area contributed by atoms with Crippen molar-refractivity contribution in [3.8, 4) is 17.2 Å².